The number of H-pyrrole nitrogens is 1. The minimum absolute atomic E-state index is 0.0956. The summed E-state index contributed by atoms with van der Waals surface area (Å²) >= 11 is 0. The number of amides is 1. The molecule has 0 bridgehead atoms. The average molecular weight is 292 g/mol. The van der Waals surface area contributed by atoms with Crippen molar-refractivity contribution in [2.24, 2.45) is 5.92 Å². The van der Waals surface area contributed by atoms with Crippen LogP contribution in [0.2, 0.25) is 0 Å². The summed E-state index contributed by atoms with van der Waals surface area (Å²) in [5, 5.41) is 14.3. The molecule has 112 valence electrons. The van der Waals surface area contributed by atoms with Gasteiger partial charge in [0.15, 0.2) is 11.5 Å². The molecule has 2 heterocycles. The molecule has 0 aliphatic heterocycles. The smallest absolute Gasteiger partial charge is 0.326 e. The van der Waals surface area contributed by atoms with Crippen molar-refractivity contribution in [2.45, 2.75) is 19.9 Å². The lowest BCUT2D eigenvalue weighted by atomic mass is 10.1. The second-order valence-electron chi connectivity index (χ2n) is 4.80. The lowest BCUT2D eigenvalue weighted by Gasteiger charge is -2.18. The molecule has 0 unspecified atom stereocenters. The van der Waals surface area contributed by atoms with Gasteiger partial charge in [-0.2, -0.15) is 0 Å². The van der Waals surface area contributed by atoms with Crippen LogP contribution in [0.25, 0.3) is 11.2 Å². The van der Waals surface area contributed by atoms with E-state index < -0.39 is 17.9 Å². The Bertz CT molecular complexity index is 653. The first-order valence-electron chi connectivity index (χ1n) is 6.39. The number of aromatic nitrogens is 4. The highest BCUT2D eigenvalue weighted by atomic mass is 16.4. The molecule has 1 atom stereocenters. The molecule has 0 aromatic carbocycles. The van der Waals surface area contributed by atoms with Crippen molar-refractivity contribution in [1.82, 2.24) is 25.3 Å². The molecule has 0 spiro atoms. The summed E-state index contributed by atoms with van der Waals surface area (Å²) in [6, 6.07) is -0.920. The molecule has 2 rings (SSSR count). The van der Waals surface area contributed by atoms with Gasteiger partial charge in [-0.1, -0.05) is 13.8 Å². The van der Waals surface area contributed by atoms with Crippen LogP contribution in [0.5, 0.6) is 0 Å². The van der Waals surface area contributed by atoms with Gasteiger partial charge in [0.25, 0.3) is 0 Å². The highest BCUT2D eigenvalue weighted by molar-refractivity contribution is 5.88. The zero-order chi connectivity index (χ0) is 15.4. The van der Waals surface area contributed by atoms with E-state index in [1.807, 2.05) is 0 Å². The van der Waals surface area contributed by atoms with Crippen LogP contribution in [0.15, 0.2) is 12.7 Å². The largest absolute Gasteiger partial charge is 0.480 e. The molecule has 0 saturated carbocycles. The van der Waals surface area contributed by atoms with Gasteiger partial charge < -0.3 is 20.7 Å². The third-order valence-electron chi connectivity index (χ3n) is 2.89. The number of fused-ring (bicyclic) bond motifs is 1. The number of aliphatic carboxylic acids is 1. The minimum Gasteiger partial charge on any atom is -0.480 e. The van der Waals surface area contributed by atoms with E-state index in [1.54, 1.807) is 13.8 Å². The Balaban J connectivity index is 1.98. The van der Waals surface area contributed by atoms with Crippen molar-refractivity contribution >= 4 is 28.9 Å². The number of carboxylic acids is 1. The average Bonchev–Trinajstić information content (AvgIpc) is 2.90. The van der Waals surface area contributed by atoms with Gasteiger partial charge in [0.1, 0.15) is 17.9 Å². The zero-order valence-corrected chi connectivity index (χ0v) is 11.6. The zero-order valence-electron chi connectivity index (χ0n) is 11.6. The van der Waals surface area contributed by atoms with E-state index in [0.717, 1.165) is 0 Å². The second-order valence-corrected chi connectivity index (χ2v) is 4.80. The quantitative estimate of drug-likeness (QED) is 0.588. The lowest BCUT2D eigenvalue weighted by molar-refractivity contribution is -0.142. The fourth-order valence-corrected chi connectivity index (χ4v) is 1.80. The van der Waals surface area contributed by atoms with Crippen molar-refractivity contribution in [2.75, 3.05) is 11.9 Å². The molecule has 1 amide bonds. The van der Waals surface area contributed by atoms with Crippen molar-refractivity contribution in [1.29, 1.82) is 0 Å². The predicted octanol–water partition coefficient (Wildman–Crippen LogP) is -0.00980. The van der Waals surface area contributed by atoms with Crippen LogP contribution >= 0.6 is 0 Å². The Hall–Kier alpha value is -2.71. The van der Waals surface area contributed by atoms with E-state index in [4.69, 9.17) is 5.11 Å². The number of carbonyl (C=O) groups excluding carboxylic acids is 1. The number of nitrogens with zero attached hydrogens (tertiary/aromatic N) is 3. The number of anilines is 1. The minimum atomic E-state index is -1.06. The van der Waals surface area contributed by atoms with E-state index in [9.17, 15) is 9.59 Å². The first-order valence-corrected chi connectivity index (χ1v) is 6.39. The Morgan fingerprint density at radius 1 is 1.33 bits per heavy atom. The third kappa shape index (κ3) is 3.44. The topological polar surface area (TPSA) is 133 Å². The number of carboxylic acid groups (broad SMARTS) is 1. The molecule has 0 radical (unpaired) electrons. The standard InChI is InChI=1S/C12H16N6O3/c1-6(2)8(12(20)21)18-7(19)3-13-10-9-11(15-4-14-9)17-5-16-10/h4-6,8H,3H2,1-2H3,(H,18,19)(H,20,21)(H2,13,14,15,16,17)/t8-/m0/s1. The normalized spacial score (nSPS) is 12.3. The second kappa shape index (κ2) is 6.16. The summed E-state index contributed by atoms with van der Waals surface area (Å²) in [6.07, 6.45) is 2.81. The van der Waals surface area contributed by atoms with Crippen molar-refractivity contribution in [3.05, 3.63) is 12.7 Å². The third-order valence-corrected chi connectivity index (χ3v) is 2.89. The van der Waals surface area contributed by atoms with Crippen LogP contribution < -0.4 is 10.6 Å². The summed E-state index contributed by atoms with van der Waals surface area (Å²) in [4.78, 5) is 37.6. The number of hydrogen-bond acceptors (Lipinski definition) is 6. The van der Waals surface area contributed by atoms with Crippen LogP contribution in [0.1, 0.15) is 13.8 Å². The molecule has 9 heteroatoms. The molecule has 0 fully saturated rings. The summed E-state index contributed by atoms with van der Waals surface area (Å²) in [6.45, 7) is 3.36. The summed E-state index contributed by atoms with van der Waals surface area (Å²) in [5.41, 5.74) is 1.07. The van der Waals surface area contributed by atoms with E-state index in [2.05, 4.69) is 30.6 Å². The van der Waals surface area contributed by atoms with Crippen LogP contribution in [0.4, 0.5) is 5.82 Å². The summed E-state index contributed by atoms with van der Waals surface area (Å²) < 4.78 is 0. The van der Waals surface area contributed by atoms with Gasteiger partial charge in [-0.25, -0.2) is 19.7 Å². The van der Waals surface area contributed by atoms with Crippen molar-refractivity contribution in [3.63, 3.8) is 0 Å². The summed E-state index contributed by atoms with van der Waals surface area (Å²) in [5.74, 6) is -1.26. The number of hydrogen-bond donors (Lipinski definition) is 4. The van der Waals surface area contributed by atoms with Crippen molar-refractivity contribution in [3.8, 4) is 0 Å². The number of carbonyl (C=O) groups is 2. The highest BCUT2D eigenvalue weighted by Gasteiger charge is 2.23. The Morgan fingerprint density at radius 2 is 2.10 bits per heavy atom. The molecule has 4 N–H and O–H groups in total. The van der Waals surface area contributed by atoms with E-state index in [1.165, 1.54) is 12.7 Å². The molecule has 9 nitrogen and oxygen atoms in total. The number of aromatic amines is 1. The van der Waals surface area contributed by atoms with Crippen molar-refractivity contribution < 1.29 is 14.7 Å². The fraction of sp³-hybridized carbons (Fsp3) is 0.417. The molecule has 0 aliphatic rings. The molecular formula is C12H16N6O3. The van der Waals surface area contributed by atoms with Gasteiger partial charge in [-0.05, 0) is 5.92 Å². The number of imidazole rings is 1. The van der Waals surface area contributed by atoms with Gasteiger partial charge >= 0.3 is 5.97 Å². The molecule has 0 saturated heterocycles. The van der Waals surface area contributed by atoms with Gasteiger partial charge in [0.05, 0.1) is 12.9 Å². The van der Waals surface area contributed by atoms with Gasteiger partial charge in [-0.3, -0.25) is 4.79 Å². The predicted molar refractivity (Wildman–Crippen MR) is 74.6 cm³/mol. The first-order chi connectivity index (χ1) is 9.99. The highest BCUT2D eigenvalue weighted by Crippen LogP contribution is 2.13. The van der Waals surface area contributed by atoms with Crippen LogP contribution in [-0.2, 0) is 9.59 Å². The Morgan fingerprint density at radius 3 is 2.76 bits per heavy atom. The maximum atomic E-state index is 11.8. The lowest BCUT2D eigenvalue weighted by Crippen LogP contribution is -2.46. The molecule has 2 aromatic rings. The monoisotopic (exact) mass is 292 g/mol. The van der Waals surface area contributed by atoms with E-state index in [0.29, 0.717) is 17.0 Å². The summed E-state index contributed by atoms with van der Waals surface area (Å²) in [7, 11) is 0. The maximum Gasteiger partial charge on any atom is 0.326 e. The van der Waals surface area contributed by atoms with Gasteiger partial charge in [0.2, 0.25) is 5.91 Å². The van der Waals surface area contributed by atoms with E-state index in [-0.39, 0.29) is 12.5 Å². The van der Waals surface area contributed by atoms with Gasteiger partial charge in [-0.15, -0.1) is 0 Å². The van der Waals surface area contributed by atoms with Crippen LogP contribution in [0, 0.1) is 5.92 Å². The molecule has 21 heavy (non-hydrogen) atoms. The van der Waals surface area contributed by atoms with E-state index >= 15 is 0 Å². The molecule has 2 aromatic heterocycles. The Labute approximate surface area is 120 Å². The maximum absolute atomic E-state index is 11.8. The number of rotatable bonds is 6. The van der Waals surface area contributed by atoms with Crippen LogP contribution in [0.3, 0.4) is 0 Å². The van der Waals surface area contributed by atoms with Crippen LogP contribution in [-0.4, -0.2) is 49.5 Å². The fourth-order valence-electron chi connectivity index (χ4n) is 1.80. The SMILES string of the molecule is CC(C)[C@H](NC(=O)CNc1ncnc2nc[nH]c12)C(=O)O. The molecular weight excluding hydrogens is 276 g/mol. The first kappa shape index (κ1) is 14.7. The Kier molecular flexibility index (Phi) is 4.31. The number of nitrogens with one attached hydrogen (secondary N) is 3. The van der Waals surface area contributed by atoms with Gasteiger partial charge in [0, 0.05) is 0 Å². The molecule has 0 aliphatic carbocycles.